The van der Waals surface area contributed by atoms with E-state index >= 15 is 0 Å². The highest BCUT2D eigenvalue weighted by Gasteiger charge is 2.19. The highest BCUT2D eigenvalue weighted by Crippen LogP contribution is 2.41. The molecule has 5 nitrogen and oxygen atoms in total. The van der Waals surface area contributed by atoms with Gasteiger partial charge in [-0.25, -0.2) is 15.0 Å². The predicted molar refractivity (Wildman–Crippen MR) is 275 cm³/mol. The molecule has 9 aromatic carbocycles. The van der Waals surface area contributed by atoms with Crippen molar-refractivity contribution in [2.45, 2.75) is 0 Å². The normalized spacial score (nSPS) is 11.3. The minimum Gasteiger partial charge on any atom is -0.309 e. The largest absolute Gasteiger partial charge is 0.309 e. The smallest absolute Gasteiger partial charge is 0.182 e. The highest BCUT2D eigenvalue weighted by atomic mass is 15.0. The standard InChI is InChI=1S/C62H41N5/c1-5-18-42(19-6-1)46-33-34-57-55(41-46)59-54(30-17-32-58(59)67(57)53-28-11-4-12-29-53)47-25-16-27-49(37-47)61-64-60(65-62(66-61)56-31-13-14-35-63-56)48-26-15-24-45(36-48)52-39-50(43-20-7-2-8-21-43)38-51(40-52)44-22-9-3-10-23-44/h1-41H. The number of nitrogens with zero attached hydrogens (tertiary/aromatic N) is 5. The van der Waals surface area contributed by atoms with Crippen molar-refractivity contribution in [1.29, 1.82) is 0 Å². The van der Waals surface area contributed by atoms with Gasteiger partial charge in [0.15, 0.2) is 17.5 Å². The Morgan fingerprint density at radius 1 is 0.284 bits per heavy atom. The Hall–Kier alpha value is -9.06. The first-order valence-electron chi connectivity index (χ1n) is 22.5. The lowest BCUT2D eigenvalue weighted by atomic mass is 9.93. The first-order chi connectivity index (χ1) is 33.2. The summed E-state index contributed by atoms with van der Waals surface area (Å²) in [6.07, 6.45) is 1.78. The van der Waals surface area contributed by atoms with E-state index in [1.54, 1.807) is 6.20 Å². The van der Waals surface area contributed by atoms with Crippen molar-refractivity contribution in [3.05, 3.63) is 249 Å². The molecule has 0 N–H and O–H groups in total. The first-order valence-corrected chi connectivity index (χ1v) is 22.5. The Balaban J connectivity index is 1.00. The topological polar surface area (TPSA) is 56.5 Å². The number of para-hydroxylation sites is 1. The quantitative estimate of drug-likeness (QED) is 0.145. The van der Waals surface area contributed by atoms with Crippen LogP contribution in [-0.2, 0) is 0 Å². The van der Waals surface area contributed by atoms with Crippen LogP contribution in [0.4, 0.5) is 0 Å². The average Bonchev–Trinajstić information content (AvgIpc) is 3.76. The zero-order valence-electron chi connectivity index (χ0n) is 36.4. The van der Waals surface area contributed by atoms with Gasteiger partial charge in [-0.05, 0) is 128 Å². The summed E-state index contributed by atoms with van der Waals surface area (Å²) < 4.78 is 2.37. The molecule has 12 rings (SSSR count). The SMILES string of the molecule is c1ccc(-c2cc(-c3ccccc3)cc(-c3cccc(-c4nc(-c5cccc(-c6cccc7c6c6cc(-c8ccccc8)ccc6n7-c6ccccc6)c5)nc(-c5ccccn5)n4)c3)c2)cc1. The summed E-state index contributed by atoms with van der Waals surface area (Å²) in [4.78, 5) is 20.2. The van der Waals surface area contributed by atoms with Crippen LogP contribution < -0.4 is 0 Å². The van der Waals surface area contributed by atoms with Crippen LogP contribution in [0.1, 0.15) is 0 Å². The third-order valence-corrected chi connectivity index (χ3v) is 12.5. The van der Waals surface area contributed by atoms with E-state index in [-0.39, 0.29) is 0 Å². The van der Waals surface area contributed by atoms with E-state index in [9.17, 15) is 0 Å². The van der Waals surface area contributed by atoms with Crippen molar-refractivity contribution in [2.24, 2.45) is 0 Å². The van der Waals surface area contributed by atoms with Gasteiger partial charge in [-0.15, -0.1) is 0 Å². The van der Waals surface area contributed by atoms with Crippen molar-refractivity contribution in [2.75, 3.05) is 0 Å². The van der Waals surface area contributed by atoms with Gasteiger partial charge >= 0.3 is 0 Å². The number of pyridine rings is 1. The Kier molecular flexibility index (Phi) is 10.1. The minimum atomic E-state index is 0.510. The summed E-state index contributed by atoms with van der Waals surface area (Å²) in [5.41, 5.74) is 17.2. The zero-order chi connectivity index (χ0) is 44.5. The molecule has 12 aromatic rings. The van der Waals surface area contributed by atoms with Crippen LogP contribution in [0.25, 0.3) is 117 Å². The van der Waals surface area contributed by atoms with Crippen LogP contribution >= 0.6 is 0 Å². The summed E-state index contributed by atoms with van der Waals surface area (Å²) in [5.74, 6) is 1.65. The summed E-state index contributed by atoms with van der Waals surface area (Å²) in [6.45, 7) is 0. The number of benzene rings is 9. The lowest BCUT2D eigenvalue weighted by molar-refractivity contribution is 1.06. The molecule has 0 fully saturated rings. The molecular formula is C62H41N5. The van der Waals surface area contributed by atoms with Crippen molar-refractivity contribution in [3.63, 3.8) is 0 Å². The van der Waals surface area contributed by atoms with Crippen molar-refractivity contribution in [1.82, 2.24) is 24.5 Å². The van der Waals surface area contributed by atoms with Crippen molar-refractivity contribution in [3.8, 4) is 95.6 Å². The fourth-order valence-corrected chi connectivity index (χ4v) is 9.27. The number of hydrogen-bond donors (Lipinski definition) is 0. The summed E-state index contributed by atoms with van der Waals surface area (Å²) in [6, 6.07) is 85.5. The molecule has 0 amide bonds. The summed E-state index contributed by atoms with van der Waals surface area (Å²) in [5, 5.41) is 2.37. The molecule has 0 aliphatic rings. The van der Waals surface area contributed by atoms with E-state index in [0.717, 1.165) is 72.4 Å². The van der Waals surface area contributed by atoms with Crippen LogP contribution in [0.5, 0.6) is 0 Å². The van der Waals surface area contributed by atoms with E-state index in [4.69, 9.17) is 19.9 Å². The van der Waals surface area contributed by atoms with E-state index in [1.807, 2.05) is 18.2 Å². The lowest BCUT2D eigenvalue weighted by Crippen LogP contribution is -2.01. The molecule has 67 heavy (non-hydrogen) atoms. The van der Waals surface area contributed by atoms with Crippen molar-refractivity contribution < 1.29 is 0 Å². The van der Waals surface area contributed by atoms with Gasteiger partial charge in [-0.1, -0.05) is 170 Å². The van der Waals surface area contributed by atoms with Gasteiger partial charge in [-0.2, -0.15) is 0 Å². The Bertz CT molecular complexity index is 3660. The molecule has 5 heteroatoms. The van der Waals surface area contributed by atoms with Gasteiger partial charge < -0.3 is 4.57 Å². The zero-order valence-corrected chi connectivity index (χ0v) is 36.4. The van der Waals surface area contributed by atoms with E-state index < -0.39 is 0 Å². The van der Waals surface area contributed by atoms with Crippen LogP contribution in [0.3, 0.4) is 0 Å². The maximum Gasteiger partial charge on any atom is 0.182 e. The molecule has 0 spiro atoms. The first kappa shape index (κ1) is 39.5. The molecule has 0 unspecified atom stereocenters. The molecule has 0 bridgehead atoms. The molecule has 3 aromatic heterocycles. The Morgan fingerprint density at radius 3 is 1.36 bits per heavy atom. The minimum absolute atomic E-state index is 0.510. The molecule has 0 saturated heterocycles. The van der Waals surface area contributed by atoms with Crippen LogP contribution in [0.15, 0.2) is 249 Å². The molecule has 0 saturated carbocycles. The Morgan fingerprint density at radius 2 is 0.746 bits per heavy atom. The number of aromatic nitrogens is 5. The van der Waals surface area contributed by atoms with Gasteiger partial charge in [0.05, 0.1) is 11.0 Å². The Labute approximate surface area is 389 Å². The van der Waals surface area contributed by atoms with E-state index in [0.29, 0.717) is 23.2 Å². The predicted octanol–water partition coefficient (Wildman–Crippen LogP) is 15.7. The van der Waals surface area contributed by atoms with Gasteiger partial charge in [0, 0.05) is 33.8 Å². The molecule has 3 heterocycles. The van der Waals surface area contributed by atoms with Gasteiger partial charge in [0.2, 0.25) is 0 Å². The van der Waals surface area contributed by atoms with Crippen LogP contribution in [0, 0.1) is 0 Å². The van der Waals surface area contributed by atoms with Crippen molar-refractivity contribution >= 4 is 21.8 Å². The highest BCUT2D eigenvalue weighted by molar-refractivity contribution is 6.16. The van der Waals surface area contributed by atoms with E-state index in [2.05, 4.69) is 229 Å². The summed E-state index contributed by atoms with van der Waals surface area (Å²) in [7, 11) is 0. The maximum absolute atomic E-state index is 5.25. The molecule has 0 aliphatic carbocycles. The maximum atomic E-state index is 5.25. The molecule has 0 atom stereocenters. The fourth-order valence-electron chi connectivity index (χ4n) is 9.27. The monoisotopic (exact) mass is 855 g/mol. The van der Waals surface area contributed by atoms with Gasteiger partial charge in [0.1, 0.15) is 5.69 Å². The summed E-state index contributed by atoms with van der Waals surface area (Å²) >= 11 is 0. The third kappa shape index (κ3) is 7.64. The van der Waals surface area contributed by atoms with E-state index in [1.165, 1.54) is 21.9 Å². The molecule has 0 aliphatic heterocycles. The number of fused-ring (bicyclic) bond motifs is 3. The number of rotatable bonds is 9. The van der Waals surface area contributed by atoms with Crippen LogP contribution in [0.2, 0.25) is 0 Å². The third-order valence-electron chi connectivity index (χ3n) is 12.5. The lowest BCUT2D eigenvalue weighted by Gasteiger charge is -2.13. The number of hydrogen-bond acceptors (Lipinski definition) is 4. The molecule has 314 valence electrons. The second-order valence-electron chi connectivity index (χ2n) is 16.7. The van der Waals surface area contributed by atoms with Crippen LogP contribution in [-0.4, -0.2) is 24.5 Å². The second kappa shape index (κ2) is 17.1. The second-order valence-corrected chi connectivity index (χ2v) is 16.7. The van der Waals surface area contributed by atoms with Gasteiger partial charge in [-0.3, -0.25) is 4.98 Å². The van der Waals surface area contributed by atoms with Gasteiger partial charge in [0.25, 0.3) is 0 Å². The molecular weight excluding hydrogens is 815 g/mol. The molecule has 0 radical (unpaired) electrons. The fraction of sp³-hybridized carbons (Fsp3) is 0. The average molecular weight is 856 g/mol.